The van der Waals surface area contributed by atoms with E-state index in [1.807, 2.05) is 65.1 Å². The average molecular weight is 1040 g/mol. The van der Waals surface area contributed by atoms with Crippen molar-refractivity contribution in [3.63, 3.8) is 0 Å². The Morgan fingerprint density at radius 3 is 2.01 bits per heavy atom. The third-order valence-electron chi connectivity index (χ3n) is 14.9. The monoisotopic (exact) mass is 1040 g/mol. The number of likely N-dealkylation sites (N-methyl/N-ethyl adjacent to an activating group) is 2. The van der Waals surface area contributed by atoms with Crippen LogP contribution in [0.15, 0.2) is 60.8 Å². The first-order valence-corrected chi connectivity index (χ1v) is 26.4. The van der Waals surface area contributed by atoms with Crippen LogP contribution < -0.4 is 25.9 Å². The van der Waals surface area contributed by atoms with E-state index in [4.69, 9.17) is 4.74 Å². The maximum atomic E-state index is 15.4. The molecule has 5 N–H and O–H groups in total. The minimum absolute atomic E-state index is 0.0108. The van der Waals surface area contributed by atoms with Gasteiger partial charge in [-0.2, -0.15) is 0 Å². The van der Waals surface area contributed by atoms with Crippen LogP contribution in [0.5, 0.6) is 5.75 Å². The maximum Gasteiger partial charge on any atom is 0.246 e. The van der Waals surface area contributed by atoms with E-state index in [-0.39, 0.29) is 80.4 Å². The molecule has 3 aliphatic rings. The molecule has 19 heteroatoms. The molecule has 1 aromatic heterocycles. The fourth-order valence-electron chi connectivity index (χ4n) is 10.5. The predicted octanol–water partition coefficient (Wildman–Crippen LogP) is 4.25. The number of aromatic hydroxyl groups is 1. The smallest absolute Gasteiger partial charge is 0.246 e. The van der Waals surface area contributed by atoms with Crippen LogP contribution in [0.25, 0.3) is 10.9 Å². The van der Waals surface area contributed by atoms with Crippen molar-refractivity contribution in [1.82, 2.24) is 45.2 Å². The van der Waals surface area contributed by atoms with E-state index in [2.05, 4.69) is 39.7 Å². The fourth-order valence-corrected chi connectivity index (χ4v) is 10.5. The summed E-state index contributed by atoms with van der Waals surface area (Å²) in [6.45, 7) is 17.8. The molecule has 3 fully saturated rings. The lowest BCUT2D eigenvalue weighted by Gasteiger charge is -2.43. The van der Waals surface area contributed by atoms with Crippen molar-refractivity contribution in [3.8, 4) is 5.75 Å². The maximum absolute atomic E-state index is 15.4. The van der Waals surface area contributed by atoms with Gasteiger partial charge in [-0.05, 0) is 94.4 Å². The molecule has 2 aromatic carbocycles. The molecular formula is C56H81N9O10. The third-order valence-corrected chi connectivity index (χ3v) is 14.9. The number of nitrogens with zero attached hydrogens (tertiary/aromatic N) is 5. The molecule has 7 amide bonds. The Balaban J connectivity index is 1.50. The number of piperidine rings is 1. The summed E-state index contributed by atoms with van der Waals surface area (Å²) in [5, 5.41) is 36.2. The van der Waals surface area contributed by atoms with Crippen LogP contribution in [0.2, 0.25) is 0 Å². The number of rotatable bonds is 13. The molecule has 0 spiro atoms. The van der Waals surface area contributed by atoms with Crippen LogP contribution in [0.3, 0.4) is 0 Å². The highest BCUT2D eigenvalue weighted by Crippen LogP contribution is 2.37. The van der Waals surface area contributed by atoms with Gasteiger partial charge in [-0.3, -0.25) is 33.6 Å². The summed E-state index contributed by atoms with van der Waals surface area (Å²) < 4.78 is 6.90. The Kier molecular flexibility index (Phi) is 18.3. The number of quaternary nitrogens is 1. The van der Waals surface area contributed by atoms with Crippen molar-refractivity contribution in [1.29, 1.82) is 0 Å². The number of allylic oxidation sites excluding steroid dienone is 1. The van der Waals surface area contributed by atoms with Crippen molar-refractivity contribution in [2.75, 3.05) is 41.3 Å². The molecule has 6 rings (SSSR count). The highest BCUT2D eigenvalue weighted by Gasteiger charge is 2.45. The number of phenols is 1. The third kappa shape index (κ3) is 13.6. The number of aromatic nitrogens is 1. The second kappa shape index (κ2) is 23.7. The van der Waals surface area contributed by atoms with Gasteiger partial charge < -0.3 is 60.2 Å². The van der Waals surface area contributed by atoms with Crippen molar-refractivity contribution < 1.29 is 43.4 Å². The second-order valence-electron chi connectivity index (χ2n) is 22.9. The first-order chi connectivity index (χ1) is 35.1. The standard InChI is InChI=1S/C56H81N9O10/c1-14-15-19-39-49(67)60-41(28-37-30-64(56(8,9)48-31-75-48)42-20-17-16-18-38(37)42)54(72)61(10)43(23-32(2)3)51(69)59-40(26-36-21-22-47(66)46(27-36)65(12,13)74)50(68)57-35(7)53(71)62(11)45-25-34(6)29-63(55(45)73)44(24-33(4)5)52(70)58-39/h14-18,20-22,27,30,32-35,39-41,43-45,48,66H,19,23-26,28-29,31H2,1-13H3,(H,57,68)(H,58,70)(H,59,69)(H,60,67)/b15-14+/t34-,35-,39?,40-,41-,43-,44-,45?,48?/m0/s1. The van der Waals surface area contributed by atoms with Crippen LogP contribution >= 0.6 is 0 Å². The number of ether oxygens (including phenoxy) is 1. The summed E-state index contributed by atoms with van der Waals surface area (Å²) in [7, 11) is 5.62. The zero-order valence-corrected chi connectivity index (χ0v) is 46.1. The molecule has 3 aromatic rings. The van der Waals surface area contributed by atoms with Crippen LogP contribution in [0, 0.1) is 23.0 Å². The number of hydrogen-bond donors (Lipinski definition) is 5. The number of hydroxylamine groups is 2. The number of epoxide rings is 1. The first-order valence-electron chi connectivity index (χ1n) is 26.4. The molecule has 75 heavy (non-hydrogen) atoms. The van der Waals surface area contributed by atoms with Gasteiger partial charge in [-0.1, -0.05) is 71.0 Å². The van der Waals surface area contributed by atoms with E-state index in [9.17, 15) is 39.1 Å². The lowest BCUT2D eigenvalue weighted by molar-refractivity contribution is -0.155. The van der Waals surface area contributed by atoms with Gasteiger partial charge in [0, 0.05) is 56.6 Å². The highest BCUT2D eigenvalue weighted by molar-refractivity contribution is 5.99. The van der Waals surface area contributed by atoms with E-state index < -0.39 is 93.8 Å². The molecule has 2 bridgehead atoms. The van der Waals surface area contributed by atoms with E-state index in [1.165, 1.54) is 68.0 Å². The molecule has 0 saturated carbocycles. The zero-order valence-electron chi connectivity index (χ0n) is 46.1. The normalized spacial score (nSPS) is 26.4. The summed E-state index contributed by atoms with van der Waals surface area (Å²) in [5.41, 5.74) is 1.57. The summed E-state index contributed by atoms with van der Waals surface area (Å²) in [6, 6.07) is 3.72. The summed E-state index contributed by atoms with van der Waals surface area (Å²) in [6.07, 6.45) is 5.89. The molecule has 3 saturated heterocycles. The Bertz CT molecular complexity index is 2630. The van der Waals surface area contributed by atoms with E-state index in [0.717, 1.165) is 16.5 Å². The highest BCUT2D eigenvalue weighted by atomic mass is 16.6. The molecule has 4 heterocycles. The lowest BCUT2D eigenvalue weighted by Crippen LogP contribution is -2.63. The Hall–Kier alpha value is -6.31. The van der Waals surface area contributed by atoms with Gasteiger partial charge in [-0.25, -0.2) is 0 Å². The number of benzene rings is 2. The zero-order chi connectivity index (χ0) is 55.4. The summed E-state index contributed by atoms with van der Waals surface area (Å²) in [4.78, 5) is 108. The lowest BCUT2D eigenvalue weighted by atomic mass is 9.90. The summed E-state index contributed by atoms with van der Waals surface area (Å²) >= 11 is 0. The van der Waals surface area contributed by atoms with Crippen molar-refractivity contribution >= 4 is 57.9 Å². The van der Waals surface area contributed by atoms with Crippen molar-refractivity contribution in [2.45, 2.75) is 155 Å². The summed E-state index contributed by atoms with van der Waals surface area (Å²) in [5.74, 6) is -5.05. The molecule has 410 valence electrons. The van der Waals surface area contributed by atoms with Gasteiger partial charge in [0.05, 0.1) is 26.2 Å². The van der Waals surface area contributed by atoms with Crippen molar-refractivity contribution in [2.24, 2.45) is 17.8 Å². The number of hydrogen-bond acceptors (Lipinski definition) is 10. The van der Waals surface area contributed by atoms with E-state index >= 15 is 4.79 Å². The molecule has 19 nitrogen and oxygen atoms in total. The number of carbonyl (C=O) groups excluding carboxylic acids is 7. The van der Waals surface area contributed by atoms with Gasteiger partial charge in [0.2, 0.25) is 41.4 Å². The SMILES string of the molecule is C/C=C/CC1NC(=O)[C@H](CC(C)C)N2C[C@@H](C)CC(C2=O)N(C)C(=O)[C@H](C)NC(=O)[C@H](Cc2ccc(O)c([N+](C)(C)[O-])c2)NC(=O)[C@H](CC(C)C)N(C)C(=O)[C@H](Cc2cn(C(C)(C)C3CO3)c3ccccc23)NC1=O. The van der Waals surface area contributed by atoms with Gasteiger partial charge in [0.1, 0.15) is 48.4 Å². The molecule has 3 unspecified atom stereocenters. The van der Waals surface area contributed by atoms with Gasteiger partial charge >= 0.3 is 0 Å². The van der Waals surface area contributed by atoms with Gasteiger partial charge in [0.25, 0.3) is 0 Å². The molecular weight excluding hydrogens is 959 g/mol. The minimum Gasteiger partial charge on any atom is -0.628 e. The predicted molar refractivity (Wildman–Crippen MR) is 288 cm³/mol. The number of phenolic OH excluding ortho intramolecular Hbond substituents is 1. The van der Waals surface area contributed by atoms with E-state index in [0.29, 0.717) is 12.2 Å². The fraction of sp³-hybridized carbons (Fsp3) is 0.589. The van der Waals surface area contributed by atoms with Crippen LogP contribution in [-0.2, 0) is 56.7 Å². The molecule has 0 radical (unpaired) electrons. The topological polar surface area (TPSA) is 238 Å². The number of para-hydroxylation sites is 1. The Morgan fingerprint density at radius 2 is 1.39 bits per heavy atom. The van der Waals surface area contributed by atoms with Crippen LogP contribution in [0.4, 0.5) is 5.69 Å². The van der Waals surface area contributed by atoms with Crippen molar-refractivity contribution in [3.05, 3.63) is 77.1 Å². The quantitative estimate of drug-likeness (QED) is 0.0706. The largest absolute Gasteiger partial charge is 0.628 e. The van der Waals surface area contributed by atoms with E-state index in [1.54, 1.807) is 19.1 Å². The number of fused-ring (bicyclic) bond motifs is 3. The number of carbonyl (C=O) groups is 7. The van der Waals surface area contributed by atoms with Crippen LogP contribution in [0.1, 0.15) is 99.1 Å². The van der Waals surface area contributed by atoms with Gasteiger partial charge in [0.15, 0.2) is 11.4 Å². The second-order valence-corrected chi connectivity index (χ2v) is 22.9. The number of amides is 7. The molecule has 0 aliphatic carbocycles. The first kappa shape index (κ1) is 58.0. The van der Waals surface area contributed by atoms with Gasteiger partial charge in [-0.15, -0.1) is 0 Å². The Labute approximate surface area is 441 Å². The van der Waals surface area contributed by atoms with Crippen LogP contribution in [-0.4, -0.2) is 155 Å². The number of nitrogens with one attached hydrogen (secondary N) is 4. The molecule has 9 atom stereocenters. The molecule has 3 aliphatic heterocycles. The minimum atomic E-state index is -1.39. The Morgan fingerprint density at radius 1 is 0.787 bits per heavy atom. The average Bonchev–Trinajstić information content (AvgIpc) is 4.15.